The highest BCUT2D eigenvalue weighted by atomic mass is 19.3. The molecule has 0 aliphatic rings. The number of aliphatic hydroxyl groups is 1. The lowest BCUT2D eigenvalue weighted by molar-refractivity contribution is -0.0543. The van der Waals surface area contributed by atoms with Gasteiger partial charge in [0.15, 0.2) is 0 Å². The summed E-state index contributed by atoms with van der Waals surface area (Å²) >= 11 is 0. The normalized spacial score (nSPS) is 12.8. The SMILES string of the molecule is CCC(O)C[CH]c1cc(OC(F)F)cc(OC(F)F)c1. The molecule has 1 aromatic rings. The van der Waals surface area contributed by atoms with Gasteiger partial charge in [0.25, 0.3) is 0 Å². The lowest BCUT2D eigenvalue weighted by Gasteiger charge is -2.12. The van der Waals surface area contributed by atoms with E-state index in [0.717, 1.165) is 6.07 Å². The van der Waals surface area contributed by atoms with Gasteiger partial charge in [0.05, 0.1) is 6.10 Å². The molecule has 1 radical (unpaired) electrons. The zero-order valence-corrected chi connectivity index (χ0v) is 10.7. The molecule has 0 aliphatic carbocycles. The van der Waals surface area contributed by atoms with Gasteiger partial charge in [-0.15, -0.1) is 0 Å². The highest BCUT2D eigenvalue weighted by molar-refractivity contribution is 5.41. The van der Waals surface area contributed by atoms with Gasteiger partial charge in [0.2, 0.25) is 0 Å². The average molecular weight is 295 g/mol. The first-order valence-corrected chi connectivity index (χ1v) is 5.96. The molecule has 0 bridgehead atoms. The van der Waals surface area contributed by atoms with E-state index in [9.17, 15) is 22.7 Å². The maximum Gasteiger partial charge on any atom is 0.387 e. The van der Waals surface area contributed by atoms with Crippen molar-refractivity contribution >= 4 is 0 Å². The van der Waals surface area contributed by atoms with Gasteiger partial charge in [-0.2, -0.15) is 17.6 Å². The van der Waals surface area contributed by atoms with E-state index in [1.54, 1.807) is 6.92 Å². The predicted molar refractivity (Wildman–Crippen MR) is 64.0 cm³/mol. The molecule has 7 heteroatoms. The summed E-state index contributed by atoms with van der Waals surface area (Å²) in [5.41, 5.74) is 0.353. The van der Waals surface area contributed by atoms with Gasteiger partial charge in [-0.3, -0.25) is 0 Å². The van der Waals surface area contributed by atoms with Crippen molar-refractivity contribution in [1.82, 2.24) is 0 Å². The minimum Gasteiger partial charge on any atom is -0.435 e. The van der Waals surface area contributed by atoms with Crippen LogP contribution >= 0.6 is 0 Å². The summed E-state index contributed by atoms with van der Waals surface area (Å²) in [5, 5.41) is 9.41. The molecule has 0 spiro atoms. The number of hydrogen-bond acceptors (Lipinski definition) is 3. The molecule has 0 heterocycles. The fourth-order valence-corrected chi connectivity index (χ4v) is 1.49. The van der Waals surface area contributed by atoms with E-state index in [-0.39, 0.29) is 17.9 Å². The summed E-state index contributed by atoms with van der Waals surface area (Å²) in [6, 6.07) is 3.46. The molecule has 0 saturated carbocycles. The maximum absolute atomic E-state index is 12.2. The van der Waals surface area contributed by atoms with Gasteiger partial charge >= 0.3 is 13.2 Å². The Bertz CT molecular complexity index is 384. The molecular weight excluding hydrogens is 280 g/mol. The quantitative estimate of drug-likeness (QED) is 0.745. The van der Waals surface area contributed by atoms with Crippen LogP contribution in [-0.2, 0) is 0 Å². The summed E-state index contributed by atoms with van der Waals surface area (Å²) in [6.07, 6.45) is 1.73. The molecule has 3 nitrogen and oxygen atoms in total. The highest BCUT2D eigenvalue weighted by Crippen LogP contribution is 2.27. The molecule has 0 aromatic heterocycles. The van der Waals surface area contributed by atoms with E-state index in [2.05, 4.69) is 9.47 Å². The van der Waals surface area contributed by atoms with E-state index >= 15 is 0 Å². The Morgan fingerprint density at radius 2 is 1.55 bits per heavy atom. The number of rotatable bonds is 8. The molecule has 0 fully saturated rings. The van der Waals surface area contributed by atoms with Crippen molar-refractivity contribution in [2.45, 2.75) is 39.1 Å². The summed E-state index contributed by atoms with van der Waals surface area (Å²) < 4.78 is 57.0. The van der Waals surface area contributed by atoms with Crippen LogP contribution in [0.1, 0.15) is 25.3 Å². The lowest BCUT2D eigenvalue weighted by atomic mass is 10.0. The first-order chi connectivity index (χ1) is 9.40. The first-order valence-electron chi connectivity index (χ1n) is 5.96. The Morgan fingerprint density at radius 1 is 1.05 bits per heavy atom. The molecular formula is C13H15F4O3. The third-order valence-electron chi connectivity index (χ3n) is 2.45. The van der Waals surface area contributed by atoms with Gasteiger partial charge in [0.1, 0.15) is 11.5 Å². The molecule has 0 aliphatic heterocycles. The average Bonchev–Trinajstić information content (AvgIpc) is 2.34. The summed E-state index contributed by atoms with van der Waals surface area (Å²) in [4.78, 5) is 0. The second-order valence-electron chi connectivity index (χ2n) is 4.00. The second-order valence-corrected chi connectivity index (χ2v) is 4.00. The van der Waals surface area contributed by atoms with Crippen LogP contribution in [0.2, 0.25) is 0 Å². The minimum absolute atomic E-state index is 0.267. The van der Waals surface area contributed by atoms with Crippen molar-refractivity contribution in [2.75, 3.05) is 0 Å². The van der Waals surface area contributed by atoms with Gasteiger partial charge < -0.3 is 14.6 Å². The van der Waals surface area contributed by atoms with Crippen LogP contribution in [0.25, 0.3) is 0 Å². The minimum atomic E-state index is -3.06. The third kappa shape index (κ3) is 6.10. The molecule has 113 valence electrons. The fraction of sp³-hybridized carbons (Fsp3) is 0.462. The Hall–Kier alpha value is -1.50. The smallest absolute Gasteiger partial charge is 0.387 e. The number of halogens is 4. The van der Waals surface area contributed by atoms with Gasteiger partial charge in [-0.1, -0.05) is 6.92 Å². The lowest BCUT2D eigenvalue weighted by Crippen LogP contribution is -2.07. The summed E-state index contributed by atoms with van der Waals surface area (Å²) in [5.74, 6) is -0.564. The molecule has 1 unspecified atom stereocenters. The van der Waals surface area contributed by atoms with Crippen molar-refractivity contribution in [3.63, 3.8) is 0 Å². The van der Waals surface area contributed by atoms with E-state index in [4.69, 9.17) is 0 Å². The van der Waals surface area contributed by atoms with Crippen LogP contribution < -0.4 is 9.47 Å². The number of aliphatic hydroxyl groups excluding tert-OH is 1. The molecule has 1 N–H and O–H groups in total. The zero-order chi connectivity index (χ0) is 15.1. The van der Waals surface area contributed by atoms with Crippen LogP contribution in [0.4, 0.5) is 17.6 Å². The van der Waals surface area contributed by atoms with Crippen LogP contribution in [0.3, 0.4) is 0 Å². The number of hydrogen-bond donors (Lipinski definition) is 1. The molecule has 1 aromatic carbocycles. The standard InChI is InChI=1S/C13H15F4O3/c1-2-9(18)4-3-8-5-10(19-12(14)15)7-11(6-8)20-13(16)17/h3,5-7,9,12-13,18H,2,4H2,1H3. The monoisotopic (exact) mass is 295 g/mol. The molecule has 1 rings (SSSR count). The van der Waals surface area contributed by atoms with Crippen molar-refractivity contribution in [1.29, 1.82) is 0 Å². The Balaban J connectivity index is 2.85. The highest BCUT2D eigenvalue weighted by Gasteiger charge is 2.12. The zero-order valence-electron chi connectivity index (χ0n) is 10.7. The molecule has 0 amide bonds. The maximum atomic E-state index is 12.2. The van der Waals surface area contributed by atoms with E-state index in [1.807, 2.05) is 0 Å². The summed E-state index contributed by atoms with van der Waals surface area (Å²) in [6.45, 7) is -4.35. The van der Waals surface area contributed by atoms with Crippen molar-refractivity contribution < 1.29 is 32.1 Å². The van der Waals surface area contributed by atoms with Crippen molar-refractivity contribution in [3.05, 3.63) is 30.2 Å². The first kappa shape index (κ1) is 16.6. The van der Waals surface area contributed by atoms with Crippen LogP contribution in [0, 0.1) is 6.42 Å². The van der Waals surface area contributed by atoms with Gasteiger partial charge in [-0.05, 0) is 37.0 Å². The van der Waals surface area contributed by atoms with E-state index in [0.29, 0.717) is 12.0 Å². The Labute approximate surface area is 114 Å². The molecule has 0 saturated heterocycles. The van der Waals surface area contributed by atoms with Gasteiger partial charge in [-0.25, -0.2) is 0 Å². The van der Waals surface area contributed by atoms with E-state index in [1.165, 1.54) is 18.6 Å². The molecule has 1 atom stereocenters. The van der Waals surface area contributed by atoms with E-state index < -0.39 is 19.3 Å². The second kappa shape index (κ2) is 7.94. The predicted octanol–water partition coefficient (Wildman–Crippen LogP) is 3.60. The summed E-state index contributed by atoms with van der Waals surface area (Å²) in [7, 11) is 0. The van der Waals surface area contributed by atoms with Crippen LogP contribution in [-0.4, -0.2) is 24.4 Å². The van der Waals surface area contributed by atoms with Crippen molar-refractivity contribution in [2.24, 2.45) is 0 Å². The van der Waals surface area contributed by atoms with Crippen molar-refractivity contribution in [3.8, 4) is 11.5 Å². The Kier molecular flexibility index (Phi) is 6.57. The number of benzene rings is 1. The number of alkyl halides is 4. The van der Waals surface area contributed by atoms with Crippen LogP contribution in [0.5, 0.6) is 11.5 Å². The fourth-order valence-electron chi connectivity index (χ4n) is 1.49. The topological polar surface area (TPSA) is 38.7 Å². The van der Waals surface area contributed by atoms with Crippen LogP contribution in [0.15, 0.2) is 18.2 Å². The molecule has 20 heavy (non-hydrogen) atoms. The third-order valence-corrected chi connectivity index (χ3v) is 2.45. The largest absolute Gasteiger partial charge is 0.435 e. The Morgan fingerprint density at radius 3 is 1.95 bits per heavy atom. The van der Waals surface area contributed by atoms with Gasteiger partial charge in [0, 0.05) is 6.07 Å². The number of ether oxygens (including phenoxy) is 2.